The van der Waals surface area contributed by atoms with Gasteiger partial charge in [0.2, 0.25) is 0 Å². The molecule has 0 bridgehead atoms. The summed E-state index contributed by atoms with van der Waals surface area (Å²) in [7, 11) is 0. The monoisotopic (exact) mass is 270 g/mol. The summed E-state index contributed by atoms with van der Waals surface area (Å²) in [5.74, 6) is 1.41. The molecule has 0 radical (unpaired) electrons. The van der Waals surface area contributed by atoms with Gasteiger partial charge in [-0.3, -0.25) is 0 Å². The van der Waals surface area contributed by atoms with Gasteiger partial charge in [-0.1, -0.05) is 27.7 Å². The lowest BCUT2D eigenvalue weighted by Gasteiger charge is -2.52. The molecule has 114 valence electrons. The van der Waals surface area contributed by atoms with Crippen LogP contribution in [-0.2, 0) is 4.74 Å². The predicted molar refractivity (Wildman–Crippen MR) is 82.2 cm³/mol. The van der Waals surface area contributed by atoms with Gasteiger partial charge in [-0.2, -0.15) is 0 Å². The lowest BCUT2D eigenvalue weighted by molar-refractivity contribution is -0.114. The fraction of sp³-hybridized carbons (Fsp3) is 1.00. The van der Waals surface area contributed by atoms with Gasteiger partial charge in [0.15, 0.2) is 0 Å². The minimum Gasteiger partial charge on any atom is -0.378 e. The van der Waals surface area contributed by atoms with Crippen LogP contribution in [0.5, 0.6) is 0 Å². The van der Waals surface area contributed by atoms with E-state index in [9.17, 15) is 0 Å². The van der Waals surface area contributed by atoms with Crippen molar-refractivity contribution in [2.24, 2.45) is 23.0 Å². The number of ether oxygens (including phenoxy) is 1. The summed E-state index contributed by atoms with van der Waals surface area (Å²) < 4.78 is 5.76. The van der Waals surface area contributed by atoms with E-state index in [4.69, 9.17) is 10.5 Å². The molecule has 0 saturated heterocycles. The normalized spacial score (nSPS) is 27.3. The maximum atomic E-state index is 5.85. The standard InChI is InChI=1S/C16H34N2O/c1-6-19-15-10-14(16(15,4)5)18-8-7-13(11-17)9-12(2)3/h12-15,18H,6-11,17H2,1-5H3. The first-order valence-corrected chi connectivity index (χ1v) is 7.96. The van der Waals surface area contributed by atoms with Crippen LogP contribution in [0.1, 0.15) is 53.9 Å². The first kappa shape index (κ1) is 16.9. The molecule has 0 spiro atoms. The summed E-state index contributed by atoms with van der Waals surface area (Å²) in [4.78, 5) is 0. The third-order valence-corrected chi connectivity index (χ3v) is 4.63. The number of nitrogens with one attached hydrogen (secondary N) is 1. The van der Waals surface area contributed by atoms with Crippen molar-refractivity contribution >= 4 is 0 Å². The Kier molecular flexibility index (Phi) is 6.78. The Bertz CT molecular complexity index is 253. The average Bonchev–Trinajstić information content (AvgIpc) is 2.34. The van der Waals surface area contributed by atoms with Crippen LogP contribution in [0.3, 0.4) is 0 Å². The zero-order chi connectivity index (χ0) is 14.5. The van der Waals surface area contributed by atoms with Gasteiger partial charge in [0.25, 0.3) is 0 Å². The van der Waals surface area contributed by atoms with Crippen LogP contribution in [0.15, 0.2) is 0 Å². The molecular formula is C16H34N2O. The highest BCUT2D eigenvalue weighted by Crippen LogP contribution is 2.42. The summed E-state index contributed by atoms with van der Waals surface area (Å²) in [6.45, 7) is 14.0. The minimum absolute atomic E-state index is 0.270. The third-order valence-electron chi connectivity index (χ3n) is 4.63. The van der Waals surface area contributed by atoms with Crippen LogP contribution in [-0.4, -0.2) is 31.8 Å². The Hall–Kier alpha value is -0.120. The lowest BCUT2D eigenvalue weighted by Crippen LogP contribution is -2.61. The molecule has 19 heavy (non-hydrogen) atoms. The SMILES string of the molecule is CCOC1CC(NCCC(CN)CC(C)C)C1(C)C. The van der Waals surface area contributed by atoms with Crippen LogP contribution in [0, 0.1) is 17.3 Å². The van der Waals surface area contributed by atoms with Crippen molar-refractivity contribution in [1.82, 2.24) is 5.32 Å². The molecule has 3 N–H and O–H groups in total. The van der Waals surface area contributed by atoms with Gasteiger partial charge in [0.05, 0.1) is 6.10 Å². The first-order valence-electron chi connectivity index (χ1n) is 7.96. The minimum atomic E-state index is 0.270. The average molecular weight is 270 g/mol. The molecule has 1 aliphatic rings. The Balaban J connectivity index is 2.23. The summed E-state index contributed by atoms with van der Waals surface area (Å²) in [6.07, 6.45) is 4.02. The highest BCUT2D eigenvalue weighted by atomic mass is 16.5. The van der Waals surface area contributed by atoms with E-state index < -0.39 is 0 Å². The number of rotatable bonds is 9. The smallest absolute Gasteiger partial charge is 0.0655 e. The van der Waals surface area contributed by atoms with Crippen molar-refractivity contribution < 1.29 is 4.74 Å². The number of hydrogen-bond donors (Lipinski definition) is 2. The zero-order valence-corrected chi connectivity index (χ0v) is 13.5. The molecule has 0 amide bonds. The summed E-state index contributed by atoms with van der Waals surface area (Å²) in [5, 5.41) is 3.70. The molecule has 3 heteroatoms. The second-order valence-electron chi connectivity index (χ2n) is 7.03. The van der Waals surface area contributed by atoms with Gasteiger partial charge >= 0.3 is 0 Å². The quantitative estimate of drug-likeness (QED) is 0.677. The largest absolute Gasteiger partial charge is 0.378 e. The molecule has 0 aromatic carbocycles. The fourth-order valence-electron chi connectivity index (χ4n) is 3.18. The Labute approximate surface area is 119 Å². The van der Waals surface area contributed by atoms with Crippen molar-refractivity contribution in [3.63, 3.8) is 0 Å². The van der Waals surface area contributed by atoms with E-state index in [1.165, 1.54) is 12.8 Å². The van der Waals surface area contributed by atoms with Crippen molar-refractivity contribution in [3.05, 3.63) is 0 Å². The topological polar surface area (TPSA) is 47.3 Å². The van der Waals surface area contributed by atoms with E-state index in [1.54, 1.807) is 0 Å². The fourth-order valence-corrected chi connectivity index (χ4v) is 3.18. The molecule has 0 aromatic rings. The van der Waals surface area contributed by atoms with Gasteiger partial charge in [0.1, 0.15) is 0 Å². The van der Waals surface area contributed by atoms with E-state index in [2.05, 4.69) is 39.9 Å². The molecule has 0 heterocycles. The van der Waals surface area contributed by atoms with E-state index in [-0.39, 0.29) is 5.41 Å². The van der Waals surface area contributed by atoms with Crippen LogP contribution in [0.4, 0.5) is 0 Å². The molecule has 3 atom stereocenters. The van der Waals surface area contributed by atoms with Crippen LogP contribution >= 0.6 is 0 Å². The highest BCUT2D eigenvalue weighted by Gasteiger charge is 2.48. The van der Waals surface area contributed by atoms with E-state index in [0.29, 0.717) is 18.1 Å². The number of nitrogens with two attached hydrogens (primary N) is 1. The van der Waals surface area contributed by atoms with Gasteiger partial charge in [0, 0.05) is 18.1 Å². The predicted octanol–water partition coefficient (Wildman–Crippen LogP) is 2.79. The molecule has 1 aliphatic carbocycles. The molecule has 3 unspecified atom stereocenters. The Morgan fingerprint density at radius 2 is 2.05 bits per heavy atom. The molecule has 1 fully saturated rings. The molecule has 0 aliphatic heterocycles. The van der Waals surface area contributed by atoms with E-state index in [1.807, 2.05) is 0 Å². The molecule has 1 rings (SSSR count). The Morgan fingerprint density at radius 3 is 2.53 bits per heavy atom. The van der Waals surface area contributed by atoms with Crippen molar-refractivity contribution in [3.8, 4) is 0 Å². The van der Waals surface area contributed by atoms with Crippen LogP contribution < -0.4 is 11.1 Å². The summed E-state index contributed by atoms with van der Waals surface area (Å²) in [5.41, 5.74) is 6.12. The summed E-state index contributed by atoms with van der Waals surface area (Å²) in [6, 6.07) is 0.599. The summed E-state index contributed by atoms with van der Waals surface area (Å²) >= 11 is 0. The maximum Gasteiger partial charge on any atom is 0.0655 e. The zero-order valence-electron chi connectivity index (χ0n) is 13.5. The lowest BCUT2D eigenvalue weighted by atomic mass is 9.64. The second kappa shape index (κ2) is 7.61. The molecule has 3 nitrogen and oxygen atoms in total. The molecular weight excluding hydrogens is 236 g/mol. The van der Waals surface area contributed by atoms with E-state index in [0.717, 1.165) is 32.0 Å². The first-order chi connectivity index (χ1) is 8.91. The number of hydrogen-bond acceptors (Lipinski definition) is 3. The Morgan fingerprint density at radius 1 is 1.37 bits per heavy atom. The van der Waals surface area contributed by atoms with E-state index >= 15 is 0 Å². The van der Waals surface area contributed by atoms with Gasteiger partial charge in [-0.05, 0) is 51.1 Å². The van der Waals surface area contributed by atoms with Gasteiger partial charge in [-0.15, -0.1) is 0 Å². The second-order valence-corrected chi connectivity index (χ2v) is 7.03. The van der Waals surface area contributed by atoms with Crippen molar-refractivity contribution in [2.45, 2.75) is 66.0 Å². The maximum absolute atomic E-state index is 5.85. The van der Waals surface area contributed by atoms with Gasteiger partial charge < -0.3 is 15.8 Å². The van der Waals surface area contributed by atoms with Crippen LogP contribution in [0.25, 0.3) is 0 Å². The molecule has 1 saturated carbocycles. The third kappa shape index (κ3) is 4.73. The highest BCUT2D eigenvalue weighted by molar-refractivity contribution is 5.02. The van der Waals surface area contributed by atoms with Gasteiger partial charge in [-0.25, -0.2) is 0 Å². The van der Waals surface area contributed by atoms with Crippen LogP contribution in [0.2, 0.25) is 0 Å². The van der Waals surface area contributed by atoms with Crippen molar-refractivity contribution in [2.75, 3.05) is 19.7 Å². The molecule has 0 aromatic heterocycles. The van der Waals surface area contributed by atoms with Crippen molar-refractivity contribution in [1.29, 1.82) is 0 Å².